The zero-order chi connectivity index (χ0) is 19.4. The summed E-state index contributed by atoms with van der Waals surface area (Å²) >= 11 is 0. The molecule has 0 atom stereocenters. The van der Waals surface area contributed by atoms with Gasteiger partial charge < -0.3 is 21.1 Å². The minimum atomic E-state index is -0.607. The number of nitrogen functional groups attached to an aromatic ring is 1. The van der Waals surface area contributed by atoms with E-state index in [9.17, 15) is 10.1 Å². The first-order chi connectivity index (χ1) is 13.0. The van der Waals surface area contributed by atoms with Gasteiger partial charge in [-0.05, 0) is 48.9 Å². The Bertz CT molecular complexity index is 975. The SMILES string of the molecule is COc1ccc(Nc2nc(N)c([N+](=O)[O-])c(Nc3cccc(C)c3)n2)cc1. The lowest BCUT2D eigenvalue weighted by molar-refractivity contribution is -0.383. The number of ether oxygens (including phenoxy) is 1. The van der Waals surface area contributed by atoms with Gasteiger partial charge in [0.05, 0.1) is 12.0 Å². The van der Waals surface area contributed by atoms with E-state index in [0.29, 0.717) is 17.1 Å². The molecule has 9 heteroatoms. The van der Waals surface area contributed by atoms with Crippen LogP contribution in [-0.4, -0.2) is 22.0 Å². The molecule has 0 fully saturated rings. The molecule has 0 spiro atoms. The number of anilines is 5. The Kier molecular flexibility index (Phi) is 5.02. The van der Waals surface area contributed by atoms with Crippen molar-refractivity contribution in [1.82, 2.24) is 9.97 Å². The fraction of sp³-hybridized carbons (Fsp3) is 0.111. The second-order valence-electron chi connectivity index (χ2n) is 5.73. The molecule has 4 N–H and O–H groups in total. The van der Waals surface area contributed by atoms with Gasteiger partial charge in [-0.15, -0.1) is 0 Å². The lowest BCUT2D eigenvalue weighted by Crippen LogP contribution is -2.08. The molecule has 0 unspecified atom stereocenters. The number of hydrogen-bond donors (Lipinski definition) is 3. The molecule has 2 aromatic carbocycles. The van der Waals surface area contributed by atoms with Crippen LogP contribution in [0.1, 0.15) is 5.56 Å². The molecule has 0 radical (unpaired) electrons. The van der Waals surface area contributed by atoms with Crippen molar-refractivity contribution in [2.45, 2.75) is 6.92 Å². The van der Waals surface area contributed by atoms with Crippen molar-refractivity contribution in [2.24, 2.45) is 0 Å². The maximum absolute atomic E-state index is 11.4. The van der Waals surface area contributed by atoms with E-state index >= 15 is 0 Å². The van der Waals surface area contributed by atoms with Gasteiger partial charge in [-0.3, -0.25) is 10.1 Å². The van der Waals surface area contributed by atoms with Gasteiger partial charge >= 0.3 is 5.69 Å². The predicted octanol–water partition coefficient (Wildman–Crippen LogP) is 3.77. The van der Waals surface area contributed by atoms with Gasteiger partial charge in [0.15, 0.2) is 0 Å². The van der Waals surface area contributed by atoms with Crippen LogP contribution in [0, 0.1) is 17.0 Å². The lowest BCUT2D eigenvalue weighted by atomic mass is 10.2. The molecule has 0 aliphatic heterocycles. The van der Waals surface area contributed by atoms with Crippen LogP contribution in [0.25, 0.3) is 0 Å². The number of nitro groups is 1. The van der Waals surface area contributed by atoms with Crippen molar-refractivity contribution in [2.75, 3.05) is 23.5 Å². The number of methoxy groups -OCH3 is 1. The molecular formula is C18H18N6O3. The van der Waals surface area contributed by atoms with Crippen LogP contribution in [0.15, 0.2) is 48.5 Å². The van der Waals surface area contributed by atoms with E-state index in [-0.39, 0.29) is 23.3 Å². The van der Waals surface area contributed by atoms with Crippen molar-refractivity contribution in [3.63, 3.8) is 0 Å². The van der Waals surface area contributed by atoms with Crippen LogP contribution in [0.4, 0.5) is 34.6 Å². The van der Waals surface area contributed by atoms with Gasteiger partial charge in [-0.25, -0.2) is 0 Å². The molecule has 3 aromatic rings. The summed E-state index contributed by atoms with van der Waals surface area (Å²) in [6, 6.07) is 14.5. The summed E-state index contributed by atoms with van der Waals surface area (Å²) in [4.78, 5) is 19.0. The summed E-state index contributed by atoms with van der Waals surface area (Å²) in [5.41, 5.74) is 7.78. The summed E-state index contributed by atoms with van der Waals surface area (Å²) in [6.45, 7) is 1.92. The molecule has 1 aromatic heterocycles. The third-order valence-electron chi connectivity index (χ3n) is 3.72. The van der Waals surface area contributed by atoms with E-state index in [1.54, 1.807) is 37.4 Å². The van der Waals surface area contributed by atoms with Crippen molar-refractivity contribution < 1.29 is 9.66 Å². The molecule has 0 amide bonds. The first kappa shape index (κ1) is 17.9. The van der Waals surface area contributed by atoms with Gasteiger partial charge in [0.2, 0.25) is 17.6 Å². The molecule has 27 heavy (non-hydrogen) atoms. The Hall–Kier alpha value is -3.88. The average Bonchev–Trinajstić information content (AvgIpc) is 2.61. The van der Waals surface area contributed by atoms with E-state index in [1.165, 1.54) is 0 Å². The number of aryl methyl sites for hydroxylation is 1. The highest BCUT2D eigenvalue weighted by molar-refractivity contribution is 5.75. The van der Waals surface area contributed by atoms with Gasteiger partial charge in [-0.1, -0.05) is 12.1 Å². The van der Waals surface area contributed by atoms with E-state index in [2.05, 4.69) is 20.6 Å². The second kappa shape index (κ2) is 7.56. The smallest absolute Gasteiger partial charge is 0.353 e. The minimum absolute atomic E-state index is 0.00844. The van der Waals surface area contributed by atoms with Crippen molar-refractivity contribution in [3.8, 4) is 5.75 Å². The van der Waals surface area contributed by atoms with Crippen LogP contribution < -0.4 is 21.1 Å². The Morgan fingerprint density at radius 1 is 1.07 bits per heavy atom. The average molecular weight is 366 g/mol. The molecule has 0 aliphatic carbocycles. The summed E-state index contributed by atoms with van der Waals surface area (Å²) in [5.74, 6) is 0.611. The summed E-state index contributed by atoms with van der Waals surface area (Å²) in [5, 5.41) is 17.3. The molecule has 3 rings (SSSR count). The lowest BCUT2D eigenvalue weighted by Gasteiger charge is -2.11. The third kappa shape index (κ3) is 4.21. The molecule has 9 nitrogen and oxygen atoms in total. The highest BCUT2D eigenvalue weighted by Gasteiger charge is 2.23. The number of nitrogens with zero attached hydrogens (tertiary/aromatic N) is 3. The van der Waals surface area contributed by atoms with E-state index in [4.69, 9.17) is 10.5 Å². The number of nitrogens with one attached hydrogen (secondary N) is 2. The quantitative estimate of drug-likeness (QED) is 0.444. The van der Waals surface area contributed by atoms with Gasteiger partial charge in [0.25, 0.3) is 0 Å². The van der Waals surface area contributed by atoms with Crippen molar-refractivity contribution in [1.29, 1.82) is 0 Å². The summed E-state index contributed by atoms with van der Waals surface area (Å²) in [6.07, 6.45) is 0. The number of rotatable bonds is 6. The Labute approximate surface area is 155 Å². The fourth-order valence-electron chi connectivity index (χ4n) is 2.46. The van der Waals surface area contributed by atoms with Crippen LogP contribution in [-0.2, 0) is 0 Å². The second-order valence-corrected chi connectivity index (χ2v) is 5.73. The number of aromatic nitrogens is 2. The fourth-order valence-corrected chi connectivity index (χ4v) is 2.46. The van der Waals surface area contributed by atoms with E-state index in [0.717, 1.165) is 5.56 Å². The third-order valence-corrected chi connectivity index (χ3v) is 3.72. The predicted molar refractivity (Wildman–Crippen MR) is 104 cm³/mol. The molecule has 1 heterocycles. The first-order valence-electron chi connectivity index (χ1n) is 8.03. The number of hydrogen-bond acceptors (Lipinski definition) is 8. The van der Waals surface area contributed by atoms with Gasteiger partial charge in [0, 0.05) is 11.4 Å². The monoisotopic (exact) mass is 366 g/mol. The topological polar surface area (TPSA) is 128 Å². The molecule has 138 valence electrons. The van der Waals surface area contributed by atoms with Gasteiger partial charge in [-0.2, -0.15) is 9.97 Å². The van der Waals surface area contributed by atoms with Crippen LogP contribution >= 0.6 is 0 Å². The maximum atomic E-state index is 11.4. The molecule has 0 aliphatic rings. The maximum Gasteiger partial charge on any atom is 0.353 e. The van der Waals surface area contributed by atoms with E-state index < -0.39 is 4.92 Å². The molecule has 0 bridgehead atoms. The van der Waals surface area contributed by atoms with Crippen molar-refractivity contribution in [3.05, 3.63) is 64.2 Å². The molecular weight excluding hydrogens is 348 g/mol. The Morgan fingerprint density at radius 2 is 1.81 bits per heavy atom. The molecule has 0 saturated carbocycles. The zero-order valence-electron chi connectivity index (χ0n) is 14.8. The zero-order valence-corrected chi connectivity index (χ0v) is 14.8. The van der Waals surface area contributed by atoms with Crippen LogP contribution in [0.2, 0.25) is 0 Å². The molecule has 0 saturated heterocycles. The van der Waals surface area contributed by atoms with Crippen LogP contribution in [0.3, 0.4) is 0 Å². The van der Waals surface area contributed by atoms with Crippen LogP contribution in [0.5, 0.6) is 5.75 Å². The first-order valence-corrected chi connectivity index (χ1v) is 8.03. The largest absolute Gasteiger partial charge is 0.497 e. The number of benzene rings is 2. The minimum Gasteiger partial charge on any atom is -0.497 e. The Morgan fingerprint density at radius 3 is 2.44 bits per heavy atom. The normalized spacial score (nSPS) is 10.3. The van der Waals surface area contributed by atoms with E-state index in [1.807, 2.05) is 25.1 Å². The van der Waals surface area contributed by atoms with Gasteiger partial charge in [0.1, 0.15) is 5.75 Å². The Balaban J connectivity index is 1.95. The summed E-state index contributed by atoms with van der Waals surface area (Å²) in [7, 11) is 1.58. The highest BCUT2D eigenvalue weighted by atomic mass is 16.6. The number of nitrogens with two attached hydrogens (primary N) is 1. The highest BCUT2D eigenvalue weighted by Crippen LogP contribution is 2.32. The van der Waals surface area contributed by atoms with Crippen molar-refractivity contribution >= 4 is 34.6 Å². The standard InChI is InChI=1S/C18H18N6O3/c1-11-4-3-5-13(10-11)20-17-15(24(25)26)16(19)22-18(23-17)21-12-6-8-14(27-2)9-7-12/h3-10H,1-2H3,(H4,19,20,21,22,23). The summed E-state index contributed by atoms with van der Waals surface area (Å²) < 4.78 is 5.11.